The minimum absolute atomic E-state index is 0.143. The van der Waals surface area contributed by atoms with Crippen LogP contribution in [0.25, 0.3) is 5.57 Å². The molecule has 3 nitrogen and oxygen atoms in total. The van der Waals surface area contributed by atoms with Gasteiger partial charge in [0.1, 0.15) is 5.75 Å². The minimum atomic E-state index is -4.27. The molecule has 0 unspecified atom stereocenters. The number of carboxylic acids is 1. The summed E-state index contributed by atoms with van der Waals surface area (Å²) in [6.45, 7) is 9.57. The van der Waals surface area contributed by atoms with E-state index in [9.17, 15) is 22.4 Å². The molecule has 1 N–H and O–H groups in total. The summed E-state index contributed by atoms with van der Waals surface area (Å²) in [6, 6.07) is 3.65. The number of halogens is 4. The normalized spacial score (nSPS) is 13.9. The van der Waals surface area contributed by atoms with Crippen LogP contribution in [0.3, 0.4) is 0 Å². The van der Waals surface area contributed by atoms with Gasteiger partial charge in [0.2, 0.25) is 0 Å². The SMILES string of the molecule is CCc1cc(\C(C)=C/C=C/C(C)=C/C(=O)O)c(OCC(F)(F)C(F)F)c(C(C)(C)C)c1. The van der Waals surface area contributed by atoms with E-state index in [0.717, 1.165) is 11.6 Å². The van der Waals surface area contributed by atoms with Crippen molar-refractivity contribution in [3.63, 3.8) is 0 Å². The number of alkyl halides is 4. The molecule has 0 aliphatic carbocycles. The summed E-state index contributed by atoms with van der Waals surface area (Å²) < 4.78 is 57.8. The molecule has 0 saturated heterocycles. The Hall–Kier alpha value is -2.57. The average Bonchev–Trinajstić information content (AvgIpc) is 2.64. The van der Waals surface area contributed by atoms with Crippen molar-refractivity contribution < 1.29 is 32.2 Å². The number of aryl methyl sites for hydroxylation is 1. The summed E-state index contributed by atoms with van der Waals surface area (Å²) in [6.07, 6.45) is 2.84. The van der Waals surface area contributed by atoms with E-state index in [1.165, 1.54) is 0 Å². The van der Waals surface area contributed by atoms with Crippen molar-refractivity contribution in [2.45, 2.75) is 65.7 Å². The zero-order valence-electron chi connectivity index (χ0n) is 18.7. The van der Waals surface area contributed by atoms with Gasteiger partial charge >= 0.3 is 18.3 Å². The molecule has 0 amide bonds. The van der Waals surface area contributed by atoms with Crippen LogP contribution in [0.1, 0.15) is 58.2 Å². The number of carboxylic acid groups (broad SMARTS) is 1. The summed E-state index contributed by atoms with van der Waals surface area (Å²) in [4.78, 5) is 10.7. The van der Waals surface area contributed by atoms with Crippen LogP contribution in [-0.4, -0.2) is 30.0 Å². The Bertz CT molecular complexity index is 876. The maximum absolute atomic E-state index is 13.6. The Labute approximate surface area is 181 Å². The zero-order chi connectivity index (χ0) is 24.0. The highest BCUT2D eigenvalue weighted by molar-refractivity contribution is 5.81. The second-order valence-corrected chi connectivity index (χ2v) is 8.41. The van der Waals surface area contributed by atoms with Crippen molar-refractivity contribution in [1.82, 2.24) is 0 Å². The van der Waals surface area contributed by atoms with Crippen molar-refractivity contribution >= 4 is 11.5 Å². The Morgan fingerprint density at radius 3 is 2.29 bits per heavy atom. The predicted octanol–water partition coefficient (Wildman–Crippen LogP) is 6.82. The molecule has 31 heavy (non-hydrogen) atoms. The highest BCUT2D eigenvalue weighted by Crippen LogP contribution is 2.39. The van der Waals surface area contributed by atoms with E-state index in [4.69, 9.17) is 9.84 Å². The Balaban J connectivity index is 3.53. The number of ether oxygens (including phenoxy) is 1. The molecule has 0 spiro atoms. The molecule has 7 heteroatoms. The number of allylic oxidation sites excluding steroid dienone is 5. The molecular weight excluding hydrogens is 412 g/mol. The highest BCUT2D eigenvalue weighted by Gasteiger charge is 2.42. The van der Waals surface area contributed by atoms with Gasteiger partial charge in [-0.2, -0.15) is 8.78 Å². The number of aliphatic carboxylic acids is 1. The lowest BCUT2D eigenvalue weighted by Crippen LogP contribution is -2.34. The van der Waals surface area contributed by atoms with E-state index in [-0.39, 0.29) is 5.75 Å². The molecule has 1 rings (SSSR count). The van der Waals surface area contributed by atoms with Crippen LogP contribution in [-0.2, 0) is 16.6 Å². The zero-order valence-corrected chi connectivity index (χ0v) is 18.7. The summed E-state index contributed by atoms with van der Waals surface area (Å²) in [5, 5.41) is 8.78. The quantitative estimate of drug-likeness (QED) is 0.259. The average molecular weight is 442 g/mol. The lowest BCUT2D eigenvalue weighted by Gasteiger charge is -2.27. The molecule has 1 aromatic carbocycles. The molecule has 0 bridgehead atoms. The Morgan fingerprint density at radius 1 is 1.19 bits per heavy atom. The van der Waals surface area contributed by atoms with Crippen LogP contribution in [0.2, 0.25) is 0 Å². The van der Waals surface area contributed by atoms with Crippen LogP contribution in [0.5, 0.6) is 5.75 Å². The van der Waals surface area contributed by atoms with Crippen molar-refractivity contribution in [3.8, 4) is 5.75 Å². The number of carbonyl (C=O) groups is 1. The molecule has 0 aliphatic rings. The van der Waals surface area contributed by atoms with Crippen LogP contribution >= 0.6 is 0 Å². The number of rotatable bonds is 9. The number of benzene rings is 1. The third kappa shape index (κ3) is 7.89. The summed E-state index contributed by atoms with van der Waals surface area (Å²) in [5.41, 5.74) is 2.82. The van der Waals surface area contributed by atoms with Gasteiger partial charge in [-0.05, 0) is 48.5 Å². The highest BCUT2D eigenvalue weighted by atomic mass is 19.3. The summed E-state index contributed by atoms with van der Waals surface area (Å²) >= 11 is 0. The van der Waals surface area contributed by atoms with Gasteiger partial charge in [-0.3, -0.25) is 0 Å². The molecule has 0 saturated carbocycles. The van der Waals surface area contributed by atoms with Gasteiger partial charge < -0.3 is 9.84 Å². The van der Waals surface area contributed by atoms with Gasteiger partial charge in [-0.25, -0.2) is 13.6 Å². The van der Waals surface area contributed by atoms with Crippen LogP contribution < -0.4 is 4.74 Å². The molecule has 172 valence electrons. The molecule has 0 aromatic heterocycles. The van der Waals surface area contributed by atoms with E-state index in [1.807, 2.05) is 33.8 Å². The minimum Gasteiger partial charge on any atom is -0.486 e. The van der Waals surface area contributed by atoms with E-state index >= 15 is 0 Å². The monoisotopic (exact) mass is 442 g/mol. The van der Waals surface area contributed by atoms with E-state index in [0.29, 0.717) is 28.7 Å². The lowest BCUT2D eigenvalue weighted by molar-refractivity contribution is -0.148. The third-order valence-electron chi connectivity index (χ3n) is 4.57. The van der Waals surface area contributed by atoms with Gasteiger partial charge in [0, 0.05) is 17.2 Å². The Morgan fingerprint density at radius 2 is 1.81 bits per heavy atom. The molecular formula is C24H30F4O3. The molecule has 0 radical (unpaired) electrons. The van der Waals surface area contributed by atoms with Gasteiger partial charge in [-0.15, -0.1) is 0 Å². The third-order valence-corrected chi connectivity index (χ3v) is 4.57. The first-order chi connectivity index (χ1) is 14.2. The first kappa shape index (κ1) is 26.5. The molecule has 1 aromatic rings. The van der Waals surface area contributed by atoms with Crippen molar-refractivity contribution in [3.05, 3.63) is 58.7 Å². The van der Waals surface area contributed by atoms with Crippen LogP contribution in [0, 0.1) is 0 Å². The van der Waals surface area contributed by atoms with Gasteiger partial charge in [0.15, 0.2) is 6.61 Å². The standard InChI is InChI=1S/C24H30F4O3/c1-7-17-12-18(16(3)10-8-9-15(2)11-20(29)30)21(19(13-17)23(4,5)6)31-14-24(27,28)22(25)26/h8-13,22H,7,14H2,1-6H3,(H,29,30)/b9-8+,15-11+,16-10-. The summed E-state index contributed by atoms with van der Waals surface area (Å²) in [5.74, 6) is -5.19. The largest absolute Gasteiger partial charge is 0.486 e. The lowest BCUT2D eigenvalue weighted by atomic mass is 9.82. The van der Waals surface area contributed by atoms with Crippen LogP contribution in [0.15, 0.2) is 42.0 Å². The maximum Gasteiger partial charge on any atom is 0.340 e. The molecule has 0 fully saturated rings. The van der Waals surface area contributed by atoms with E-state index in [2.05, 4.69) is 0 Å². The molecule has 0 heterocycles. The van der Waals surface area contributed by atoms with E-state index in [1.54, 1.807) is 38.1 Å². The second kappa shape index (κ2) is 10.6. The van der Waals surface area contributed by atoms with Crippen molar-refractivity contribution in [2.24, 2.45) is 0 Å². The van der Waals surface area contributed by atoms with Crippen LogP contribution in [0.4, 0.5) is 17.6 Å². The van der Waals surface area contributed by atoms with Crippen molar-refractivity contribution in [1.29, 1.82) is 0 Å². The fraction of sp³-hybridized carbons (Fsp3) is 0.458. The predicted molar refractivity (Wildman–Crippen MR) is 115 cm³/mol. The smallest absolute Gasteiger partial charge is 0.340 e. The first-order valence-corrected chi connectivity index (χ1v) is 9.91. The van der Waals surface area contributed by atoms with Gasteiger partial charge in [0.25, 0.3) is 0 Å². The van der Waals surface area contributed by atoms with Gasteiger partial charge in [0.05, 0.1) is 0 Å². The number of hydrogen-bond donors (Lipinski definition) is 1. The molecule has 0 atom stereocenters. The number of hydrogen-bond acceptors (Lipinski definition) is 2. The van der Waals surface area contributed by atoms with E-state index < -0.39 is 30.3 Å². The maximum atomic E-state index is 13.6. The summed E-state index contributed by atoms with van der Waals surface area (Å²) in [7, 11) is 0. The topological polar surface area (TPSA) is 46.5 Å². The fourth-order valence-corrected chi connectivity index (χ4v) is 2.81. The van der Waals surface area contributed by atoms with Gasteiger partial charge in [-0.1, -0.05) is 52.0 Å². The Kier molecular flexibility index (Phi) is 9.09. The second-order valence-electron chi connectivity index (χ2n) is 8.41. The van der Waals surface area contributed by atoms with Crippen molar-refractivity contribution in [2.75, 3.05) is 6.61 Å². The first-order valence-electron chi connectivity index (χ1n) is 9.91. The molecule has 0 aliphatic heterocycles. The fourth-order valence-electron chi connectivity index (χ4n) is 2.81.